The third-order valence-electron chi connectivity index (χ3n) is 5.27. The van der Waals surface area contributed by atoms with Gasteiger partial charge >= 0.3 is 0 Å². The molecule has 3 N–H and O–H groups in total. The minimum Gasteiger partial charge on any atom is -0.496 e. The first-order valence-corrected chi connectivity index (χ1v) is 9.62. The van der Waals surface area contributed by atoms with E-state index in [-0.39, 0.29) is 0 Å². The first-order valence-electron chi connectivity index (χ1n) is 9.62. The van der Waals surface area contributed by atoms with Crippen LogP contribution in [0, 0.1) is 5.41 Å². The molecular formula is C22H25N5O. The number of hydrogen-bond donors (Lipinski definition) is 3. The summed E-state index contributed by atoms with van der Waals surface area (Å²) in [5, 5.41) is 14.5. The third kappa shape index (κ3) is 3.55. The van der Waals surface area contributed by atoms with Crippen LogP contribution in [-0.2, 0) is 4.74 Å². The van der Waals surface area contributed by atoms with Crippen molar-refractivity contribution in [1.82, 2.24) is 20.6 Å². The van der Waals surface area contributed by atoms with Gasteiger partial charge in [0.15, 0.2) is 0 Å². The first-order chi connectivity index (χ1) is 13.7. The number of rotatable bonds is 4. The summed E-state index contributed by atoms with van der Waals surface area (Å²) >= 11 is 0. The molecule has 28 heavy (non-hydrogen) atoms. The largest absolute Gasteiger partial charge is 0.496 e. The molecule has 1 aliphatic carbocycles. The van der Waals surface area contributed by atoms with E-state index in [1.165, 1.54) is 0 Å². The van der Waals surface area contributed by atoms with Crippen LogP contribution < -0.4 is 10.6 Å². The Bertz CT molecular complexity index is 999. The molecule has 3 heterocycles. The summed E-state index contributed by atoms with van der Waals surface area (Å²) in [5.74, 6) is 1.17. The topological polar surface area (TPSA) is 82.9 Å². The number of aromatic nitrogens is 2. The average Bonchev–Trinajstić information content (AvgIpc) is 2.75. The van der Waals surface area contributed by atoms with Crippen molar-refractivity contribution in [2.75, 3.05) is 27.2 Å². The summed E-state index contributed by atoms with van der Waals surface area (Å²) in [4.78, 5) is 9.69. The Morgan fingerprint density at radius 3 is 2.61 bits per heavy atom. The molecule has 0 saturated carbocycles. The predicted octanol–water partition coefficient (Wildman–Crippen LogP) is 3.15. The van der Waals surface area contributed by atoms with Crippen molar-refractivity contribution in [1.29, 1.82) is 5.41 Å². The lowest BCUT2D eigenvalue weighted by Gasteiger charge is -2.22. The van der Waals surface area contributed by atoms with Crippen molar-refractivity contribution in [2.45, 2.75) is 18.8 Å². The lowest BCUT2D eigenvalue weighted by molar-refractivity contribution is 0.311. The lowest BCUT2D eigenvalue weighted by atomic mass is 9.94. The number of fused-ring (bicyclic) bond motifs is 1. The molecule has 1 saturated heterocycles. The Kier molecular flexibility index (Phi) is 5.21. The molecule has 2 aromatic rings. The highest BCUT2D eigenvalue weighted by atomic mass is 16.5. The van der Waals surface area contributed by atoms with Crippen molar-refractivity contribution in [2.24, 2.45) is 0 Å². The van der Waals surface area contributed by atoms with E-state index in [1.807, 2.05) is 25.3 Å². The summed E-state index contributed by atoms with van der Waals surface area (Å²) in [7, 11) is 3.44. The Labute approximate surface area is 164 Å². The van der Waals surface area contributed by atoms with E-state index < -0.39 is 0 Å². The Balaban J connectivity index is 1.70. The number of nitrogens with zero attached hydrogens (tertiary/aromatic N) is 2. The van der Waals surface area contributed by atoms with Gasteiger partial charge in [-0.3, -0.25) is 4.98 Å². The third-order valence-corrected chi connectivity index (χ3v) is 5.27. The summed E-state index contributed by atoms with van der Waals surface area (Å²) in [6.07, 6.45) is 7.72. The number of ether oxygens (including phenoxy) is 1. The normalized spacial score (nSPS) is 19.5. The minimum absolute atomic E-state index is 0.406. The zero-order chi connectivity index (χ0) is 19.5. The van der Waals surface area contributed by atoms with E-state index in [2.05, 4.69) is 22.8 Å². The molecule has 4 rings (SSSR count). The quantitative estimate of drug-likeness (QED) is 0.765. The van der Waals surface area contributed by atoms with Gasteiger partial charge in [-0.05, 0) is 56.3 Å². The standard InChI is InChI=1S/C22H25N5O/c1-24-13-15-11-16(22(28-2)12-17(15)23)19-4-6-20-21(27-19)5-3-18(26-20)14-7-9-25-10-8-14/h3-6,11-14,23-25H,7-10H2,1-2H3/b15-13-,23-17?. The Morgan fingerprint density at radius 1 is 1.11 bits per heavy atom. The molecule has 6 heteroatoms. The van der Waals surface area contributed by atoms with E-state index in [4.69, 9.17) is 20.1 Å². The van der Waals surface area contributed by atoms with Crippen LogP contribution in [0.3, 0.4) is 0 Å². The highest BCUT2D eigenvalue weighted by Crippen LogP contribution is 2.30. The minimum atomic E-state index is 0.406. The van der Waals surface area contributed by atoms with Gasteiger partial charge in [0, 0.05) is 42.1 Å². The molecule has 0 atom stereocenters. The van der Waals surface area contributed by atoms with E-state index in [0.29, 0.717) is 17.4 Å². The molecule has 2 aromatic heterocycles. The maximum Gasteiger partial charge on any atom is 0.130 e. The summed E-state index contributed by atoms with van der Waals surface area (Å²) in [6.45, 7) is 2.11. The van der Waals surface area contributed by atoms with Crippen molar-refractivity contribution >= 4 is 22.3 Å². The van der Waals surface area contributed by atoms with Gasteiger partial charge < -0.3 is 20.8 Å². The molecule has 144 valence electrons. The molecule has 6 nitrogen and oxygen atoms in total. The zero-order valence-electron chi connectivity index (χ0n) is 16.2. The van der Waals surface area contributed by atoms with E-state index in [1.54, 1.807) is 19.4 Å². The van der Waals surface area contributed by atoms with Crippen LogP contribution >= 0.6 is 0 Å². The molecule has 1 aliphatic heterocycles. The molecule has 0 spiro atoms. The van der Waals surface area contributed by atoms with E-state index in [0.717, 1.165) is 59.5 Å². The molecule has 2 aliphatic rings. The number of hydrogen-bond acceptors (Lipinski definition) is 6. The van der Waals surface area contributed by atoms with Gasteiger partial charge in [-0.1, -0.05) is 0 Å². The second-order valence-electron chi connectivity index (χ2n) is 7.07. The molecule has 0 bridgehead atoms. The fraction of sp³-hybridized carbons (Fsp3) is 0.318. The highest BCUT2D eigenvalue weighted by Gasteiger charge is 2.20. The fourth-order valence-electron chi connectivity index (χ4n) is 3.76. The second kappa shape index (κ2) is 7.94. The van der Waals surface area contributed by atoms with Crippen LogP contribution in [0.15, 0.2) is 53.9 Å². The first kappa shape index (κ1) is 18.4. The SMILES string of the molecule is CN/C=C1/C=C(c2ccc3nc(C4CCNCC4)ccc3n2)C(OC)=CC1=N. The zero-order valence-corrected chi connectivity index (χ0v) is 16.2. The van der Waals surface area contributed by atoms with Gasteiger partial charge in [0.2, 0.25) is 0 Å². The molecule has 0 amide bonds. The lowest BCUT2D eigenvalue weighted by Crippen LogP contribution is -2.27. The van der Waals surface area contributed by atoms with Crippen molar-refractivity contribution in [3.05, 3.63) is 65.3 Å². The van der Waals surface area contributed by atoms with Crippen LogP contribution in [0.1, 0.15) is 30.1 Å². The highest BCUT2D eigenvalue weighted by molar-refractivity contribution is 6.13. The van der Waals surface area contributed by atoms with Crippen molar-refractivity contribution in [3.63, 3.8) is 0 Å². The summed E-state index contributed by atoms with van der Waals surface area (Å²) in [6, 6.07) is 8.18. The van der Waals surface area contributed by atoms with Crippen LogP contribution in [0.25, 0.3) is 16.6 Å². The van der Waals surface area contributed by atoms with Gasteiger partial charge in [0.1, 0.15) is 5.76 Å². The van der Waals surface area contributed by atoms with Crippen LogP contribution in [0.2, 0.25) is 0 Å². The van der Waals surface area contributed by atoms with Gasteiger partial charge in [-0.15, -0.1) is 0 Å². The molecule has 0 aromatic carbocycles. The smallest absolute Gasteiger partial charge is 0.130 e. The summed E-state index contributed by atoms with van der Waals surface area (Å²) in [5.41, 5.74) is 5.81. The van der Waals surface area contributed by atoms with Gasteiger partial charge in [0.25, 0.3) is 0 Å². The van der Waals surface area contributed by atoms with Crippen LogP contribution in [-0.4, -0.2) is 42.9 Å². The Morgan fingerprint density at radius 2 is 1.86 bits per heavy atom. The number of methoxy groups -OCH3 is 1. The van der Waals surface area contributed by atoms with Crippen molar-refractivity contribution in [3.8, 4) is 0 Å². The molecule has 1 fully saturated rings. The van der Waals surface area contributed by atoms with Gasteiger partial charge in [0.05, 0.1) is 29.5 Å². The van der Waals surface area contributed by atoms with E-state index in [9.17, 15) is 0 Å². The number of nitrogens with one attached hydrogen (secondary N) is 3. The Hall–Kier alpha value is -2.99. The number of allylic oxidation sites excluding steroid dienone is 4. The number of piperidine rings is 1. The molecular weight excluding hydrogens is 350 g/mol. The maximum absolute atomic E-state index is 8.14. The van der Waals surface area contributed by atoms with Crippen LogP contribution in [0.4, 0.5) is 0 Å². The molecule has 0 radical (unpaired) electrons. The maximum atomic E-state index is 8.14. The van der Waals surface area contributed by atoms with Gasteiger partial charge in [-0.25, -0.2) is 4.98 Å². The molecule has 0 unspecified atom stereocenters. The fourth-order valence-corrected chi connectivity index (χ4v) is 3.76. The predicted molar refractivity (Wildman–Crippen MR) is 112 cm³/mol. The number of pyridine rings is 2. The second-order valence-corrected chi connectivity index (χ2v) is 7.07. The van der Waals surface area contributed by atoms with Crippen LogP contribution in [0.5, 0.6) is 0 Å². The van der Waals surface area contributed by atoms with Crippen molar-refractivity contribution < 1.29 is 4.74 Å². The monoisotopic (exact) mass is 375 g/mol. The van der Waals surface area contributed by atoms with Gasteiger partial charge in [-0.2, -0.15) is 0 Å². The average molecular weight is 375 g/mol. The summed E-state index contributed by atoms with van der Waals surface area (Å²) < 4.78 is 5.51. The van der Waals surface area contributed by atoms with E-state index >= 15 is 0 Å².